The van der Waals surface area contributed by atoms with E-state index in [0.29, 0.717) is 11.5 Å². The number of phenolic OH excluding ortho intramolecular Hbond substituents is 1. The zero-order chi connectivity index (χ0) is 16.0. The average molecular weight is 298 g/mol. The first-order chi connectivity index (χ1) is 10.4. The minimum atomic E-state index is -0.468. The number of amides is 1. The molecule has 0 aromatic heterocycles. The molecule has 2 N–H and O–H groups in total. The average Bonchev–Trinajstić information content (AvgIpc) is 3.01. The molecule has 2 aliphatic carbocycles. The van der Waals surface area contributed by atoms with E-state index in [1.807, 2.05) is 6.07 Å². The molecule has 4 heteroatoms. The number of hydrazone groups is 1. The molecule has 0 saturated heterocycles. The van der Waals surface area contributed by atoms with Crippen LogP contribution in [0.5, 0.6) is 5.75 Å². The predicted molar refractivity (Wildman–Crippen MR) is 86.5 cm³/mol. The van der Waals surface area contributed by atoms with Gasteiger partial charge >= 0.3 is 0 Å². The third-order valence-corrected chi connectivity index (χ3v) is 5.63. The third-order valence-electron chi connectivity index (χ3n) is 5.63. The number of aromatic hydroxyl groups is 1. The highest BCUT2D eigenvalue weighted by atomic mass is 16.3. The number of para-hydroxylation sites is 1. The van der Waals surface area contributed by atoms with Crippen LogP contribution in [0.2, 0.25) is 0 Å². The molecule has 1 unspecified atom stereocenters. The number of carbonyl (C=O) groups is 1. The molecule has 2 atom stereocenters. The van der Waals surface area contributed by atoms with E-state index in [4.69, 9.17) is 0 Å². The molecule has 4 nitrogen and oxygen atoms in total. The van der Waals surface area contributed by atoms with Crippen molar-refractivity contribution in [2.24, 2.45) is 21.8 Å². The molecule has 22 heavy (non-hydrogen) atoms. The number of nitrogens with one attached hydrogen (secondary N) is 1. The number of benzene rings is 1. The van der Waals surface area contributed by atoms with E-state index in [9.17, 15) is 9.90 Å². The molecular weight excluding hydrogens is 276 g/mol. The molecule has 116 valence electrons. The lowest BCUT2D eigenvalue weighted by molar-refractivity contribution is -0.128. The molecule has 3 rings (SSSR count). The van der Waals surface area contributed by atoms with Gasteiger partial charge in [0.2, 0.25) is 5.91 Å². The number of phenols is 1. The molecule has 0 spiro atoms. The van der Waals surface area contributed by atoms with E-state index < -0.39 is 5.41 Å². The highest BCUT2D eigenvalue weighted by Crippen LogP contribution is 2.65. The Morgan fingerprint density at radius 1 is 1.45 bits per heavy atom. The molecule has 0 radical (unpaired) electrons. The first-order valence-electron chi connectivity index (χ1n) is 7.69. The Hall–Kier alpha value is -2.10. The van der Waals surface area contributed by atoms with Gasteiger partial charge in [-0.15, -0.1) is 0 Å². The van der Waals surface area contributed by atoms with E-state index >= 15 is 0 Å². The van der Waals surface area contributed by atoms with Crippen LogP contribution in [0.15, 0.2) is 41.5 Å². The Labute approximate surface area is 130 Å². The van der Waals surface area contributed by atoms with E-state index in [1.165, 1.54) is 6.21 Å². The van der Waals surface area contributed by atoms with Gasteiger partial charge < -0.3 is 5.11 Å². The van der Waals surface area contributed by atoms with Gasteiger partial charge in [0, 0.05) is 5.56 Å². The quantitative estimate of drug-likeness (QED) is 0.511. The van der Waals surface area contributed by atoms with Crippen LogP contribution in [-0.2, 0) is 4.79 Å². The van der Waals surface area contributed by atoms with Crippen molar-refractivity contribution >= 4 is 12.1 Å². The second-order valence-corrected chi connectivity index (χ2v) is 6.98. The van der Waals surface area contributed by atoms with Crippen molar-refractivity contribution in [3.8, 4) is 5.75 Å². The minimum Gasteiger partial charge on any atom is -0.507 e. The lowest BCUT2D eigenvalue weighted by Gasteiger charge is -2.36. The monoisotopic (exact) mass is 298 g/mol. The Kier molecular flexibility index (Phi) is 3.35. The molecule has 2 saturated carbocycles. The summed E-state index contributed by atoms with van der Waals surface area (Å²) in [5.41, 5.74) is 3.81. The Balaban J connectivity index is 1.73. The summed E-state index contributed by atoms with van der Waals surface area (Å²) in [7, 11) is 0. The van der Waals surface area contributed by atoms with E-state index in [1.54, 1.807) is 18.2 Å². The van der Waals surface area contributed by atoms with E-state index in [-0.39, 0.29) is 17.1 Å². The van der Waals surface area contributed by atoms with Gasteiger partial charge in [0.15, 0.2) is 0 Å². The lowest BCUT2D eigenvalue weighted by Crippen LogP contribution is -2.39. The van der Waals surface area contributed by atoms with Crippen molar-refractivity contribution in [1.82, 2.24) is 5.43 Å². The largest absolute Gasteiger partial charge is 0.507 e. The number of carbonyl (C=O) groups excluding carboxylic acids is 1. The zero-order valence-corrected chi connectivity index (χ0v) is 13.1. The van der Waals surface area contributed by atoms with Crippen molar-refractivity contribution in [3.05, 3.63) is 42.0 Å². The number of hydrogen-bond donors (Lipinski definition) is 2. The van der Waals surface area contributed by atoms with Crippen LogP contribution in [0.1, 0.15) is 38.7 Å². The van der Waals surface area contributed by atoms with Gasteiger partial charge in [-0.2, -0.15) is 5.10 Å². The highest BCUT2D eigenvalue weighted by Gasteiger charge is 2.60. The van der Waals surface area contributed by atoms with Crippen molar-refractivity contribution < 1.29 is 9.90 Å². The maximum Gasteiger partial charge on any atom is 0.250 e. The molecule has 2 aliphatic rings. The number of rotatable bonds is 3. The van der Waals surface area contributed by atoms with Crippen LogP contribution in [-0.4, -0.2) is 17.2 Å². The molecule has 1 aromatic rings. The minimum absolute atomic E-state index is 0.0248. The summed E-state index contributed by atoms with van der Waals surface area (Å²) in [6, 6.07) is 6.88. The summed E-state index contributed by atoms with van der Waals surface area (Å²) in [6.45, 7) is 8.57. The SMILES string of the molecule is C=C1C(C)(C)C2CC[C@@]1(C(=O)N/N=C\c1ccccc1O)C2. The van der Waals surface area contributed by atoms with Crippen molar-refractivity contribution in [3.63, 3.8) is 0 Å². The summed E-state index contributed by atoms with van der Waals surface area (Å²) in [4.78, 5) is 12.7. The standard InChI is InChI=1S/C18H22N2O2/c1-12-17(2,3)14-8-9-18(12,10-14)16(22)20-19-11-13-6-4-5-7-15(13)21/h4-7,11,14,21H,1,8-10H2,2-3H3,(H,20,22)/b19-11-/t14?,18-/m1/s1. The van der Waals surface area contributed by atoms with Crippen LogP contribution in [0.3, 0.4) is 0 Å². The Morgan fingerprint density at radius 2 is 2.18 bits per heavy atom. The second kappa shape index (κ2) is 4.97. The smallest absolute Gasteiger partial charge is 0.250 e. The molecule has 1 aromatic carbocycles. The summed E-state index contributed by atoms with van der Waals surface area (Å²) in [6.07, 6.45) is 4.27. The van der Waals surface area contributed by atoms with E-state index in [0.717, 1.165) is 24.8 Å². The number of nitrogens with zero attached hydrogens (tertiary/aromatic N) is 1. The fourth-order valence-electron chi connectivity index (χ4n) is 4.01. The van der Waals surface area contributed by atoms with Crippen LogP contribution in [0, 0.1) is 16.7 Å². The van der Waals surface area contributed by atoms with Crippen LogP contribution >= 0.6 is 0 Å². The Bertz CT molecular complexity index is 663. The highest BCUT2D eigenvalue weighted by molar-refractivity contribution is 5.89. The summed E-state index contributed by atoms with van der Waals surface area (Å²) in [5, 5.41) is 13.7. The summed E-state index contributed by atoms with van der Waals surface area (Å²) < 4.78 is 0. The normalized spacial score (nSPS) is 29.2. The van der Waals surface area contributed by atoms with Crippen LogP contribution in [0.4, 0.5) is 0 Å². The number of fused-ring (bicyclic) bond motifs is 2. The van der Waals surface area contributed by atoms with E-state index in [2.05, 4.69) is 31.0 Å². The number of hydrogen-bond acceptors (Lipinski definition) is 3. The van der Waals surface area contributed by atoms with Gasteiger partial charge in [-0.1, -0.05) is 38.1 Å². The van der Waals surface area contributed by atoms with Crippen molar-refractivity contribution in [2.45, 2.75) is 33.1 Å². The van der Waals surface area contributed by atoms with Gasteiger partial charge in [0.05, 0.1) is 11.6 Å². The molecule has 2 fully saturated rings. The lowest BCUT2D eigenvalue weighted by atomic mass is 9.68. The molecule has 0 heterocycles. The van der Waals surface area contributed by atoms with Gasteiger partial charge in [0.1, 0.15) is 5.75 Å². The Morgan fingerprint density at radius 3 is 2.82 bits per heavy atom. The fourth-order valence-corrected chi connectivity index (χ4v) is 4.01. The third kappa shape index (κ3) is 2.05. The van der Waals surface area contributed by atoms with Crippen molar-refractivity contribution in [2.75, 3.05) is 0 Å². The zero-order valence-electron chi connectivity index (χ0n) is 13.1. The van der Waals surface area contributed by atoms with Gasteiger partial charge in [-0.3, -0.25) is 4.79 Å². The van der Waals surface area contributed by atoms with Gasteiger partial charge in [-0.25, -0.2) is 5.43 Å². The van der Waals surface area contributed by atoms with Crippen LogP contribution < -0.4 is 5.43 Å². The molecule has 1 amide bonds. The maximum atomic E-state index is 12.7. The van der Waals surface area contributed by atoms with Crippen LogP contribution in [0.25, 0.3) is 0 Å². The molecule has 2 bridgehead atoms. The fraction of sp³-hybridized carbons (Fsp3) is 0.444. The maximum absolute atomic E-state index is 12.7. The van der Waals surface area contributed by atoms with Crippen molar-refractivity contribution in [1.29, 1.82) is 0 Å². The first-order valence-corrected chi connectivity index (χ1v) is 7.69. The first kappa shape index (κ1) is 14.8. The second-order valence-electron chi connectivity index (χ2n) is 6.98. The van der Waals surface area contributed by atoms with Gasteiger partial charge in [-0.05, 0) is 42.7 Å². The summed E-state index contributed by atoms with van der Waals surface area (Å²) >= 11 is 0. The summed E-state index contributed by atoms with van der Waals surface area (Å²) in [5.74, 6) is 0.608. The predicted octanol–water partition coefficient (Wildman–Crippen LogP) is 3.22. The topological polar surface area (TPSA) is 61.7 Å². The molecular formula is C18H22N2O2. The van der Waals surface area contributed by atoms with Gasteiger partial charge in [0.25, 0.3) is 0 Å². The molecule has 0 aliphatic heterocycles.